The number of carbonyl (C=O) groups excluding carboxylic acids is 1. The summed E-state index contributed by atoms with van der Waals surface area (Å²) in [5.74, 6) is -0.262. The number of carbonyl (C=O) groups is 1. The van der Waals surface area contributed by atoms with Gasteiger partial charge in [0.25, 0.3) is 0 Å². The van der Waals surface area contributed by atoms with E-state index in [1.807, 2.05) is 0 Å². The average Bonchev–Trinajstić information content (AvgIpc) is 2.27. The minimum Gasteiger partial charge on any atom is -0.334 e. The standard InChI is InChI=1S/C12H22N2O3S/c1-5-8-14(9-6-2)12(15)11(4)13-18(16,17)10-7-3/h5-6,11,13H,1-2,7-10H2,3-4H3. The quantitative estimate of drug-likeness (QED) is 0.635. The summed E-state index contributed by atoms with van der Waals surface area (Å²) in [7, 11) is -3.39. The Labute approximate surface area is 110 Å². The van der Waals surface area contributed by atoms with E-state index in [4.69, 9.17) is 0 Å². The van der Waals surface area contributed by atoms with E-state index in [9.17, 15) is 13.2 Å². The molecule has 1 unspecified atom stereocenters. The van der Waals surface area contributed by atoms with Gasteiger partial charge in [-0.3, -0.25) is 4.79 Å². The van der Waals surface area contributed by atoms with E-state index in [2.05, 4.69) is 17.9 Å². The molecule has 0 saturated heterocycles. The predicted molar refractivity (Wildman–Crippen MR) is 73.6 cm³/mol. The second-order valence-corrected chi connectivity index (χ2v) is 5.85. The number of rotatable bonds is 9. The molecule has 0 aliphatic carbocycles. The second-order valence-electron chi connectivity index (χ2n) is 3.98. The van der Waals surface area contributed by atoms with Crippen LogP contribution in [-0.4, -0.2) is 44.1 Å². The van der Waals surface area contributed by atoms with Gasteiger partial charge in [0.1, 0.15) is 0 Å². The third-order valence-electron chi connectivity index (χ3n) is 2.21. The van der Waals surface area contributed by atoms with Crippen molar-refractivity contribution in [1.82, 2.24) is 9.62 Å². The van der Waals surface area contributed by atoms with Gasteiger partial charge < -0.3 is 4.90 Å². The SMILES string of the molecule is C=CCN(CC=C)C(=O)C(C)NS(=O)(=O)CCC. The van der Waals surface area contributed by atoms with E-state index in [0.717, 1.165) is 0 Å². The molecular formula is C12H22N2O3S. The van der Waals surface area contributed by atoms with E-state index in [1.165, 1.54) is 11.8 Å². The predicted octanol–water partition coefficient (Wildman–Crippen LogP) is 0.905. The van der Waals surface area contributed by atoms with Gasteiger partial charge in [0.2, 0.25) is 15.9 Å². The highest BCUT2D eigenvalue weighted by atomic mass is 32.2. The highest BCUT2D eigenvalue weighted by molar-refractivity contribution is 7.89. The van der Waals surface area contributed by atoms with Gasteiger partial charge in [-0.1, -0.05) is 19.1 Å². The summed E-state index contributed by atoms with van der Waals surface area (Å²) in [6.45, 7) is 11.2. The van der Waals surface area contributed by atoms with Crippen molar-refractivity contribution in [2.75, 3.05) is 18.8 Å². The summed E-state index contributed by atoms with van der Waals surface area (Å²) in [4.78, 5) is 13.5. The lowest BCUT2D eigenvalue weighted by Gasteiger charge is -2.23. The topological polar surface area (TPSA) is 66.5 Å². The molecule has 0 radical (unpaired) electrons. The van der Waals surface area contributed by atoms with E-state index >= 15 is 0 Å². The Bertz CT molecular complexity index is 380. The normalized spacial score (nSPS) is 12.8. The summed E-state index contributed by atoms with van der Waals surface area (Å²) in [6.07, 6.45) is 3.70. The lowest BCUT2D eigenvalue weighted by molar-refractivity contribution is -0.131. The lowest BCUT2D eigenvalue weighted by Crippen LogP contribution is -2.47. The van der Waals surface area contributed by atoms with Crippen LogP contribution >= 0.6 is 0 Å². The fourth-order valence-electron chi connectivity index (χ4n) is 1.49. The monoisotopic (exact) mass is 274 g/mol. The molecule has 104 valence electrons. The molecule has 0 saturated carbocycles. The summed E-state index contributed by atoms with van der Waals surface area (Å²) >= 11 is 0. The summed E-state index contributed by atoms with van der Waals surface area (Å²) in [5.41, 5.74) is 0. The summed E-state index contributed by atoms with van der Waals surface area (Å²) in [6, 6.07) is -0.776. The first-order valence-corrected chi connectivity index (χ1v) is 7.53. The molecule has 0 bridgehead atoms. The molecule has 0 aliphatic rings. The van der Waals surface area contributed by atoms with E-state index in [0.29, 0.717) is 19.5 Å². The van der Waals surface area contributed by atoms with Gasteiger partial charge in [-0.2, -0.15) is 0 Å². The van der Waals surface area contributed by atoms with Crippen LogP contribution in [-0.2, 0) is 14.8 Å². The van der Waals surface area contributed by atoms with Crippen LogP contribution in [0, 0.1) is 0 Å². The first-order valence-electron chi connectivity index (χ1n) is 5.88. The van der Waals surface area contributed by atoms with Gasteiger partial charge in [-0.05, 0) is 13.3 Å². The molecule has 0 fully saturated rings. The van der Waals surface area contributed by atoms with E-state index in [-0.39, 0.29) is 11.7 Å². The number of hydrogen-bond donors (Lipinski definition) is 1. The van der Waals surface area contributed by atoms with Gasteiger partial charge in [0.15, 0.2) is 0 Å². The van der Waals surface area contributed by atoms with Crippen molar-refractivity contribution in [2.24, 2.45) is 0 Å². The Morgan fingerprint density at radius 2 is 1.83 bits per heavy atom. The molecule has 1 N–H and O–H groups in total. The van der Waals surface area contributed by atoms with Crippen molar-refractivity contribution >= 4 is 15.9 Å². The van der Waals surface area contributed by atoms with Crippen molar-refractivity contribution in [3.05, 3.63) is 25.3 Å². The van der Waals surface area contributed by atoms with Crippen LogP contribution in [0.2, 0.25) is 0 Å². The lowest BCUT2D eigenvalue weighted by atomic mass is 10.3. The first-order chi connectivity index (χ1) is 8.37. The minimum absolute atomic E-state index is 0.0214. The highest BCUT2D eigenvalue weighted by Gasteiger charge is 2.23. The van der Waals surface area contributed by atoms with Crippen LogP contribution in [0.4, 0.5) is 0 Å². The van der Waals surface area contributed by atoms with Crippen LogP contribution in [0.3, 0.4) is 0 Å². The number of amides is 1. The minimum atomic E-state index is -3.39. The number of sulfonamides is 1. The van der Waals surface area contributed by atoms with E-state index in [1.54, 1.807) is 19.1 Å². The van der Waals surface area contributed by atoms with Gasteiger partial charge in [0.05, 0.1) is 11.8 Å². The van der Waals surface area contributed by atoms with Crippen molar-refractivity contribution in [1.29, 1.82) is 0 Å². The third kappa shape index (κ3) is 5.97. The average molecular weight is 274 g/mol. The first kappa shape index (κ1) is 16.9. The maximum absolute atomic E-state index is 12.0. The molecule has 18 heavy (non-hydrogen) atoms. The summed E-state index contributed by atoms with van der Waals surface area (Å²) in [5, 5.41) is 0. The number of nitrogens with zero attached hydrogens (tertiary/aromatic N) is 1. The smallest absolute Gasteiger partial charge is 0.241 e. The molecule has 0 aliphatic heterocycles. The third-order valence-corrected chi connectivity index (χ3v) is 3.87. The maximum Gasteiger partial charge on any atom is 0.241 e. The molecule has 0 aromatic heterocycles. The Balaban J connectivity index is 4.65. The van der Waals surface area contributed by atoms with Crippen molar-refractivity contribution < 1.29 is 13.2 Å². The molecular weight excluding hydrogens is 252 g/mol. The van der Waals surface area contributed by atoms with Crippen molar-refractivity contribution in [3.8, 4) is 0 Å². The molecule has 0 heterocycles. The highest BCUT2D eigenvalue weighted by Crippen LogP contribution is 1.99. The van der Waals surface area contributed by atoms with Crippen molar-refractivity contribution in [3.63, 3.8) is 0 Å². The van der Waals surface area contributed by atoms with Gasteiger partial charge >= 0.3 is 0 Å². The zero-order valence-electron chi connectivity index (χ0n) is 11.1. The van der Waals surface area contributed by atoms with Gasteiger partial charge in [-0.25, -0.2) is 13.1 Å². The molecule has 0 rings (SSSR count). The van der Waals surface area contributed by atoms with Crippen LogP contribution in [0.5, 0.6) is 0 Å². The molecule has 1 atom stereocenters. The molecule has 5 nitrogen and oxygen atoms in total. The molecule has 0 aromatic rings. The van der Waals surface area contributed by atoms with Crippen molar-refractivity contribution in [2.45, 2.75) is 26.3 Å². The zero-order valence-corrected chi connectivity index (χ0v) is 11.9. The Morgan fingerprint density at radius 1 is 1.33 bits per heavy atom. The molecule has 0 aromatic carbocycles. The number of hydrogen-bond acceptors (Lipinski definition) is 3. The molecule has 1 amide bonds. The molecule has 0 spiro atoms. The van der Waals surface area contributed by atoms with Crippen LogP contribution in [0.25, 0.3) is 0 Å². The van der Waals surface area contributed by atoms with Crippen LogP contribution in [0.15, 0.2) is 25.3 Å². The Kier molecular flexibility index (Phi) is 7.54. The van der Waals surface area contributed by atoms with Crippen LogP contribution < -0.4 is 4.72 Å². The Morgan fingerprint density at radius 3 is 2.22 bits per heavy atom. The van der Waals surface area contributed by atoms with Gasteiger partial charge in [-0.15, -0.1) is 13.2 Å². The maximum atomic E-state index is 12.0. The zero-order chi connectivity index (χ0) is 14.2. The fourth-order valence-corrected chi connectivity index (χ4v) is 2.78. The second kappa shape index (κ2) is 8.05. The number of nitrogens with one attached hydrogen (secondary N) is 1. The summed E-state index contributed by atoms with van der Waals surface area (Å²) < 4.78 is 25.5. The largest absolute Gasteiger partial charge is 0.334 e. The van der Waals surface area contributed by atoms with Gasteiger partial charge in [0, 0.05) is 13.1 Å². The van der Waals surface area contributed by atoms with E-state index < -0.39 is 16.1 Å². The fraction of sp³-hybridized carbons (Fsp3) is 0.583. The molecule has 6 heteroatoms. The Hall–Kier alpha value is -1.14. The van der Waals surface area contributed by atoms with Crippen LogP contribution in [0.1, 0.15) is 20.3 Å².